The highest BCUT2D eigenvalue weighted by molar-refractivity contribution is 5.69. The summed E-state index contributed by atoms with van der Waals surface area (Å²) in [6.45, 7) is 7.30. The van der Waals surface area contributed by atoms with Gasteiger partial charge in [0.15, 0.2) is 5.82 Å². The second kappa shape index (κ2) is 4.37. The average molecular weight is 257 g/mol. The minimum Gasteiger partial charge on any atom is -0.385 e. The van der Waals surface area contributed by atoms with E-state index >= 15 is 0 Å². The van der Waals surface area contributed by atoms with Crippen LogP contribution in [0.2, 0.25) is 0 Å². The zero-order valence-electron chi connectivity index (χ0n) is 11.7. The molecule has 19 heavy (non-hydrogen) atoms. The van der Waals surface area contributed by atoms with Crippen molar-refractivity contribution >= 4 is 5.69 Å². The number of hydrogen-bond acceptors (Lipinski definition) is 4. The van der Waals surface area contributed by atoms with Gasteiger partial charge in [-0.2, -0.15) is 4.98 Å². The Morgan fingerprint density at radius 3 is 2.84 bits per heavy atom. The van der Waals surface area contributed by atoms with Crippen LogP contribution in [0.3, 0.4) is 0 Å². The molecule has 0 radical (unpaired) electrons. The summed E-state index contributed by atoms with van der Waals surface area (Å²) in [4.78, 5) is 4.55. The van der Waals surface area contributed by atoms with Gasteiger partial charge in [-0.05, 0) is 30.5 Å². The Bertz CT molecular complexity index is 596. The van der Waals surface area contributed by atoms with Crippen molar-refractivity contribution in [3.8, 4) is 11.5 Å². The Labute approximate surface area is 113 Å². The van der Waals surface area contributed by atoms with E-state index in [1.807, 2.05) is 6.07 Å². The molecule has 100 valence electrons. The van der Waals surface area contributed by atoms with E-state index in [2.05, 4.69) is 48.4 Å². The van der Waals surface area contributed by atoms with E-state index in [0.717, 1.165) is 30.8 Å². The number of rotatable bonds is 1. The predicted octanol–water partition coefficient (Wildman–Crippen LogP) is 3.39. The number of aromatic nitrogens is 2. The fraction of sp³-hybridized carbons (Fsp3) is 0.467. The monoisotopic (exact) mass is 257 g/mol. The number of nitrogens with zero attached hydrogens (tertiary/aromatic N) is 2. The van der Waals surface area contributed by atoms with Crippen LogP contribution in [0.5, 0.6) is 0 Å². The maximum absolute atomic E-state index is 5.45. The summed E-state index contributed by atoms with van der Waals surface area (Å²) in [6, 6.07) is 6.21. The van der Waals surface area contributed by atoms with Crippen LogP contribution >= 0.6 is 0 Å². The fourth-order valence-electron chi connectivity index (χ4n) is 2.35. The Morgan fingerprint density at radius 1 is 1.26 bits per heavy atom. The minimum atomic E-state index is -0.0885. The summed E-state index contributed by atoms with van der Waals surface area (Å²) < 4.78 is 5.45. The molecule has 4 heteroatoms. The van der Waals surface area contributed by atoms with E-state index in [9.17, 15) is 0 Å². The van der Waals surface area contributed by atoms with Crippen molar-refractivity contribution in [1.29, 1.82) is 0 Å². The molecule has 2 heterocycles. The average Bonchev–Trinajstić information content (AvgIpc) is 2.87. The third-order valence-electron chi connectivity index (χ3n) is 3.42. The van der Waals surface area contributed by atoms with Crippen molar-refractivity contribution in [3.63, 3.8) is 0 Å². The molecule has 0 spiro atoms. The van der Waals surface area contributed by atoms with Crippen LogP contribution < -0.4 is 5.32 Å². The molecule has 0 fully saturated rings. The molecular weight excluding hydrogens is 238 g/mol. The Hall–Kier alpha value is -1.84. The Morgan fingerprint density at radius 2 is 2.11 bits per heavy atom. The molecule has 1 aromatic carbocycles. The summed E-state index contributed by atoms with van der Waals surface area (Å²) in [5.41, 5.74) is 3.46. The second-order valence-corrected chi connectivity index (χ2v) is 6.04. The first-order valence-corrected chi connectivity index (χ1v) is 6.76. The molecule has 0 aliphatic carbocycles. The quantitative estimate of drug-likeness (QED) is 0.850. The Kier molecular flexibility index (Phi) is 2.81. The summed E-state index contributed by atoms with van der Waals surface area (Å²) in [6.07, 6.45) is 2.20. The van der Waals surface area contributed by atoms with Crippen molar-refractivity contribution < 1.29 is 4.52 Å². The first kappa shape index (κ1) is 12.2. The van der Waals surface area contributed by atoms with Crippen LogP contribution in [0.1, 0.15) is 38.6 Å². The van der Waals surface area contributed by atoms with Crippen molar-refractivity contribution in [1.82, 2.24) is 10.1 Å². The van der Waals surface area contributed by atoms with Crippen LogP contribution in [-0.2, 0) is 11.8 Å². The van der Waals surface area contributed by atoms with Gasteiger partial charge < -0.3 is 9.84 Å². The van der Waals surface area contributed by atoms with E-state index in [0.29, 0.717) is 5.89 Å². The van der Waals surface area contributed by atoms with Crippen LogP contribution in [-0.4, -0.2) is 16.7 Å². The second-order valence-electron chi connectivity index (χ2n) is 6.04. The van der Waals surface area contributed by atoms with E-state index in [-0.39, 0.29) is 5.41 Å². The molecule has 1 aliphatic heterocycles. The van der Waals surface area contributed by atoms with Gasteiger partial charge in [-0.25, -0.2) is 0 Å². The zero-order chi connectivity index (χ0) is 13.5. The number of fused-ring (bicyclic) bond motifs is 1. The van der Waals surface area contributed by atoms with Crippen molar-refractivity contribution in [3.05, 3.63) is 29.6 Å². The molecule has 0 unspecified atom stereocenters. The van der Waals surface area contributed by atoms with Crippen LogP contribution in [0.15, 0.2) is 22.7 Å². The van der Waals surface area contributed by atoms with Crippen molar-refractivity contribution in [2.45, 2.75) is 39.0 Å². The van der Waals surface area contributed by atoms with E-state index < -0.39 is 0 Å². The fourth-order valence-corrected chi connectivity index (χ4v) is 2.35. The highest BCUT2D eigenvalue weighted by Crippen LogP contribution is 2.32. The molecular formula is C15H19N3O. The summed E-state index contributed by atoms with van der Waals surface area (Å²) >= 11 is 0. The van der Waals surface area contributed by atoms with E-state index in [1.165, 1.54) is 11.3 Å². The molecule has 0 amide bonds. The zero-order valence-corrected chi connectivity index (χ0v) is 11.7. The molecule has 0 bridgehead atoms. The van der Waals surface area contributed by atoms with Gasteiger partial charge in [0, 0.05) is 23.2 Å². The highest BCUT2D eigenvalue weighted by Gasteiger charge is 2.23. The molecule has 1 aromatic heterocycles. The number of benzene rings is 1. The summed E-state index contributed by atoms with van der Waals surface area (Å²) in [7, 11) is 0. The van der Waals surface area contributed by atoms with Crippen LogP contribution in [0.25, 0.3) is 11.5 Å². The van der Waals surface area contributed by atoms with Crippen molar-refractivity contribution in [2.24, 2.45) is 0 Å². The lowest BCUT2D eigenvalue weighted by atomic mass is 9.95. The topological polar surface area (TPSA) is 51.0 Å². The minimum absolute atomic E-state index is 0.0885. The van der Waals surface area contributed by atoms with Gasteiger partial charge in [-0.1, -0.05) is 32.0 Å². The molecule has 0 saturated carbocycles. The predicted molar refractivity (Wildman–Crippen MR) is 75.2 cm³/mol. The lowest BCUT2D eigenvalue weighted by molar-refractivity contribution is 0.402. The van der Waals surface area contributed by atoms with E-state index in [4.69, 9.17) is 4.52 Å². The molecule has 1 N–H and O–H groups in total. The first-order valence-electron chi connectivity index (χ1n) is 6.76. The van der Waals surface area contributed by atoms with Gasteiger partial charge in [0.05, 0.1) is 0 Å². The van der Waals surface area contributed by atoms with Gasteiger partial charge in [-0.15, -0.1) is 0 Å². The van der Waals surface area contributed by atoms with Crippen LogP contribution in [0, 0.1) is 0 Å². The first-order chi connectivity index (χ1) is 9.05. The van der Waals surface area contributed by atoms with Gasteiger partial charge in [-0.3, -0.25) is 0 Å². The number of nitrogens with one attached hydrogen (secondary N) is 1. The molecule has 0 atom stereocenters. The van der Waals surface area contributed by atoms with Crippen LogP contribution in [0.4, 0.5) is 5.69 Å². The van der Waals surface area contributed by atoms with Crippen molar-refractivity contribution in [2.75, 3.05) is 11.9 Å². The summed E-state index contributed by atoms with van der Waals surface area (Å²) in [5, 5.41) is 7.53. The molecule has 0 saturated heterocycles. The maximum atomic E-state index is 5.45. The molecule has 3 rings (SSSR count). The normalized spacial score (nSPS) is 14.9. The SMILES string of the molecule is CC(C)(C)c1noc(-c2cccc3c2CCCN3)n1. The van der Waals surface area contributed by atoms with Gasteiger partial charge in [0.2, 0.25) is 0 Å². The lowest BCUT2D eigenvalue weighted by Crippen LogP contribution is -2.13. The maximum Gasteiger partial charge on any atom is 0.258 e. The third kappa shape index (κ3) is 2.23. The lowest BCUT2D eigenvalue weighted by Gasteiger charge is -2.19. The van der Waals surface area contributed by atoms with Gasteiger partial charge in [0.25, 0.3) is 5.89 Å². The van der Waals surface area contributed by atoms with Gasteiger partial charge >= 0.3 is 0 Å². The number of anilines is 1. The third-order valence-corrected chi connectivity index (χ3v) is 3.42. The molecule has 2 aromatic rings. The molecule has 1 aliphatic rings. The molecule has 4 nitrogen and oxygen atoms in total. The smallest absolute Gasteiger partial charge is 0.258 e. The number of hydrogen-bond donors (Lipinski definition) is 1. The Balaban J connectivity index is 2.05. The van der Waals surface area contributed by atoms with E-state index in [1.54, 1.807) is 0 Å². The highest BCUT2D eigenvalue weighted by atomic mass is 16.5. The van der Waals surface area contributed by atoms with Gasteiger partial charge in [0.1, 0.15) is 0 Å². The summed E-state index contributed by atoms with van der Waals surface area (Å²) in [5.74, 6) is 1.38. The standard InChI is InChI=1S/C15H19N3O/c1-15(2,3)14-17-13(19-18-14)11-6-4-8-12-10(11)7-5-9-16-12/h4,6,8,16H,5,7,9H2,1-3H3. The largest absolute Gasteiger partial charge is 0.385 e.